The summed E-state index contributed by atoms with van der Waals surface area (Å²) in [5, 5.41) is 14.2. The van der Waals surface area contributed by atoms with Crippen molar-refractivity contribution < 1.29 is 23.8 Å². The highest BCUT2D eigenvalue weighted by molar-refractivity contribution is 5.94. The molecule has 2 atom stereocenters. The van der Waals surface area contributed by atoms with Gasteiger partial charge in [-0.3, -0.25) is 4.79 Å². The molecule has 0 radical (unpaired) electrons. The first-order valence-corrected chi connectivity index (χ1v) is 6.15. The zero-order valence-corrected chi connectivity index (χ0v) is 10.9. The number of amides is 1. The SMILES string of the molecule is CNC(=O)c1ccc(NC2CCOC2C(=O)O)cc1F. The number of halogens is 1. The molecule has 1 aliphatic rings. The van der Waals surface area contributed by atoms with Crippen LogP contribution in [0.25, 0.3) is 0 Å². The molecule has 1 heterocycles. The fourth-order valence-corrected chi connectivity index (χ4v) is 2.12. The summed E-state index contributed by atoms with van der Waals surface area (Å²) in [6.07, 6.45) is -0.424. The topological polar surface area (TPSA) is 87.7 Å². The van der Waals surface area contributed by atoms with E-state index in [0.29, 0.717) is 18.7 Å². The summed E-state index contributed by atoms with van der Waals surface area (Å²) in [6, 6.07) is 3.63. The van der Waals surface area contributed by atoms with Crippen LogP contribution in [-0.2, 0) is 9.53 Å². The Kier molecular flexibility index (Phi) is 4.19. The number of rotatable bonds is 4. The fourth-order valence-electron chi connectivity index (χ4n) is 2.12. The zero-order valence-electron chi connectivity index (χ0n) is 10.9. The number of anilines is 1. The van der Waals surface area contributed by atoms with Crippen LogP contribution in [0.5, 0.6) is 0 Å². The van der Waals surface area contributed by atoms with E-state index < -0.39 is 29.8 Å². The van der Waals surface area contributed by atoms with Crippen LogP contribution in [0.2, 0.25) is 0 Å². The molecule has 1 saturated heterocycles. The van der Waals surface area contributed by atoms with Gasteiger partial charge in [0.05, 0.1) is 11.6 Å². The molecule has 1 amide bonds. The maximum absolute atomic E-state index is 13.8. The summed E-state index contributed by atoms with van der Waals surface area (Å²) in [6.45, 7) is 0.341. The Morgan fingerprint density at radius 1 is 1.45 bits per heavy atom. The molecule has 0 spiro atoms. The van der Waals surface area contributed by atoms with Crippen molar-refractivity contribution in [2.45, 2.75) is 18.6 Å². The summed E-state index contributed by atoms with van der Waals surface area (Å²) in [5.74, 6) is -2.23. The molecule has 7 heteroatoms. The van der Waals surface area contributed by atoms with Gasteiger partial charge >= 0.3 is 5.97 Å². The van der Waals surface area contributed by atoms with Gasteiger partial charge in [-0.15, -0.1) is 0 Å². The van der Waals surface area contributed by atoms with Crippen molar-refractivity contribution in [3.05, 3.63) is 29.6 Å². The first-order chi connectivity index (χ1) is 9.52. The van der Waals surface area contributed by atoms with Gasteiger partial charge in [0.25, 0.3) is 5.91 Å². The smallest absolute Gasteiger partial charge is 0.334 e. The van der Waals surface area contributed by atoms with Crippen LogP contribution in [0.1, 0.15) is 16.8 Å². The van der Waals surface area contributed by atoms with E-state index in [-0.39, 0.29) is 5.56 Å². The Hall–Kier alpha value is -2.15. The number of carbonyl (C=O) groups excluding carboxylic acids is 1. The average Bonchev–Trinajstić information content (AvgIpc) is 2.86. The number of carboxylic acid groups (broad SMARTS) is 1. The van der Waals surface area contributed by atoms with Gasteiger partial charge in [-0.25, -0.2) is 9.18 Å². The van der Waals surface area contributed by atoms with Crippen LogP contribution in [-0.4, -0.2) is 42.8 Å². The van der Waals surface area contributed by atoms with E-state index in [2.05, 4.69) is 10.6 Å². The molecule has 2 rings (SSSR count). The molecule has 2 unspecified atom stereocenters. The third-order valence-corrected chi connectivity index (χ3v) is 3.13. The number of aliphatic carboxylic acids is 1. The van der Waals surface area contributed by atoms with E-state index in [1.165, 1.54) is 25.2 Å². The van der Waals surface area contributed by atoms with Crippen molar-refractivity contribution in [2.24, 2.45) is 0 Å². The van der Waals surface area contributed by atoms with Gasteiger partial charge in [-0.1, -0.05) is 0 Å². The molecule has 108 valence electrons. The molecule has 0 bridgehead atoms. The van der Waals surface area contributed by atoms with Crippen LogP contribution in [0, 0.1) is 5.82 Å². The van der Waals surface area contributed by atoms with Crippen LogP contribution in [0.4, 0.5) is 10.1 Å². The second kappa shape index (κ2) is 5.87. The molecule has 0 aliphatic carbocycles. The van der Waals surface area contributed by atoms with E-state index in [4.69, 9.17) is 9.84 Å². The van der Waals surface area contributed by atoms with Crippen LogP contribution in [0.15, 0.2) is 18.2 Å². The standard InChI is InChI=1S/C13H15FN2O4/c1-15-12(17)8-3-2-7(6-9(8)14)16-10-4-5-20-11(10)13(18)19/h2-3,6,10-11,16H,4-5H2,1H3,(H,15,17)(H,18,19). The average molecular weight is 282 g/mol. The zero-order chi connectivity index (χ0) is 14.7. The second-order valence-corrected chi connectivity index (χ2v) is 4.44. The molecule has 6 nitrogen and oxygen atoms in total. The minimum Gasteiger partial charge on any atom is -0.479 e. The first-order valence-electron chi connectivity index (χ1n) is 6.15. The molecule has 0 saturated carbocycles. The fraction of sp³-hybridized carbons (Fsp3) is 0.385. The number of ether oxygens (including phenoxy) is 1. The summed E-state index contributed by atoms with van der Waals surface area (Å²) < 4.78 is 18.9. The molecule has 1 aromatic carbocycles. The van der Waals surface area contributed by atoms with Gasteiger partial charge in [0.15, 0.2) is 6.10 Å². The number of hydrogen-bond acceptors (Lipinski definition) is 4. The summed E-state index contributed by atoms with van der Waals surface area (Å²) in [4.78, 5) is 22.3. The molecular formula is C13H15FN2O4. The van der Waals surface area contributed by atoms with Crippen molar-refractivity contribution in [3.8, 4) is 0 Å². The van der Waals surface area contributed by atoms with Crippen molar-refractivity contribution in [3.63, 3.8) is 0 Å². The third-order valence-electron chi connectivity index (χ3n) is 3.13. The molecule has 1 aromatic rings. The molecule has 20 heavy (non-hydrogen) atoms. The Morgan fingerprint density at radius 3 is 2.80 bits per heavy atom. The van der Waals surface area contributed by atoms with Crippen molar-refractivity contribution in [1.82, 2.24) is 5.32 Å². The predicted octanol–water partition coefficient (Wildman–Crippen LogP) is 0.839. The van der Waals surface area contributed by atoms with Crippen LogP contribution in [0.3, 0.4) is 0 Å². The normalized spacial score (nSPS) is 21.5. The lowest BCUT2D eigenvalue weighted by atomic mass is 10.1. The number of carbonyl (C=O) groups is 2. The van der Waals surface area contributed by atoms with E-state index in [0.717, 1.165) is 0 Å². The monoisotopic (exact) mass is 282 g/mol. The van der Waals surface area contributed by atoms with Crippen LogP contribution >= 0.6 is 0 Å². The lowest BCUT2D eigenvalue weighted by molar-refractivity contribution is -0.147. The third kappa shape index (κ3) is 2.88. The van der Waals surface area contributed by atoms with E-state index in [9.17, 15) is 14.0 Å². The highest BCUT2D eigenvalue weighted by atomic mass is 19.1. The lowest BCUT2D eigenvalue weighted by Crippen LogP contribution is -2.35. The largest absolute Gasteiger partial charge is 0.479 e. The molecule has 1 fully saturated rings. The lowest BCUT2D eigenvalue weighted by Gasteiger charge is -2.17. The minimum absolute atomic E-state index is 0.0597. The summed E-state index contributed by atoms with van der Waals surface area (Å²) >= 11 is 0. The molecular weight excluding hydrogens is 267 g/mol. The Labute approximate surface area is 114 Å². The summed E-state index contributed by atoms with van der Waals surface area (Å²) in [5.41, 5.74) is 0.354. The number of carboxylic acids is 1. The quantitative estimate of drug-likeness (QED) is 0.761. The maximum atomic E-state index is 13.8. The number of benzene rings is 1. The van der Waals surface area contributed by atoms with Gasteiger partial charge in [0.1, 0.15) is 5.82 Å². The Bertz CT molecular complexity index is 535. The number of nitrogens with one attached hydrogen (secondary N) is 2. The molecule has 0 aromatic heterocycles. The van der Waals surface area contributed by atoms with Gasteiger partial charge in [-0.2, -0.15) is 0 Å². The minimum atomic E-state index is -1.05. The number of hydrogen-bond donors (Lipinski definition) is 3. The van der Waals surface area contributed by atoms with Crippen LogP contribution < -0.4 is 10.6 Å². The highest BCUT2D eigenvalue weighted by Gasteiger charge is 2.34. The highest BCUT2D eigenvalue weighted by Crippen LogP contribution is 2.21. The van der Waals surface area contributed by atoms with E-state index in [1.807, 2.05) is 0 Å². The van der Waals surface area contributed by atoms with Gasteiger partial charge in [0, 0.05) is 19.3 Å². The predicted molar refractivity (Wildman–Crippen MR) is 69.2 cm³/mol. The molecule has 1 aliphatic heterocycles. The van der Waals surface area contributed by atoms with Gasteiger partial charge in [-0.05, 0) is 24.6 Å². The summed E-state index contributed by atoms with van der Waals surface area (Å²) in [7, 11) is 1.42. The molecule has 3 N–H and O–H groups in total. The Morgan fingerprint density at radius 2 is 2.20 bits per heavy atom. The van der Waals surface area contributed by atoms with Crippen molar-refractivity contribution in [1.29, 1.82) is 0 Å². The van der Waals surface area contributed by atoms with E-state index in [1.54, 1.807) is 0 Å². The van der Waals surface area contributed by atoms with E-state index >= 15 is 0 Å². The van der Waals surface area contributed by atoms with Gasteiger partial charge in [0.2, 0.25) is 0 Å². The second-order valence-electron chi connectivity index (χ2n) is 4.44. The Balaban J connectivity index is 2.12. The first kappa shape index (κ1) is 14.3. The van der Waals surface area contributed by atoms with Crippen molar-refractivity contribution >= 4 is 17.6 Å². The van der Waals surface area contributed by atoms with Crippen molar-refractivity contribution in [2.75, 3.05) is 19.0 Å². The maximum Gasteiger partial charge on any atom is 0.334 e. The van der Waals surface area contributed by atoms with Gasteiger partial charge < -0.3 is 20.5 Å².